The summed E-state index contributed by atoms with van der Waals surface area (Å²) in [6, 6.07) is 15.9. The molecule has 4 heteroatoms. The van der Waals surface area contributed by atoms with Crippen LogP contribution in [0.5, 0.6) is 0 Å². The number of hydrogen-bond donors (Lipinski definition) is 2. The van der Waals surface area contributed by atoms with E-state index in [-0.39, 0.29) is 18.3 Å². The molecule has 1 amide bonds. The maximum atomic E-state index is 12.2. The van der Waals surface area contributed by atoms with Gasteiger partial charge in [-0.05, 0) is 62.1 Å². The van der Waals surface area contributed by atoms with E-state index in [0.29, 0.717) is 11.5 Å². The van der Waals surface area contributed by atoms with Gasteiger partial charge in [0.25, 0.3) is 5.91 Å². The fourth-order valence-electron chi connectivity index (χ4n) is 2.88. The van der Waals surface area contributed by atoms with E-state index in [9.17, 15) is 4.79 Å². The number of halogens is 1. The van der Waals surface area contributed by atoms with Crippen LogP contribution in [0.4, 0.5) is 5.69 Å². The molecule has 2 aromatic carbocycles. The minimum atomic E-state index is -0.0629. The van der Waals surface area contributed by atoms with Crippen LogP contribution in [0, 0.1) is 6.92 Å². The second-order valence-corrected chi connectivity index (χ2v) is 5.99. The molecular formula is C19H23ClN2O. The summed E-state index contributed by atoms with van der Waals surface area (Å²) in [5, 5.41) is 6.39. The molecule has 0 spiro atoms. The van der Waals surface area contributed by atoms with E-state index in [4.69, 9.17) is 0 Å². The van der Waals surface area contributed by atoms with Crippen LogP contribution in [-0.2, 0) is 0 Å². The molecule has 2 aromatic rings. The molecular weight excluding hydrogens is 308 g/mol. The van der Waals surface area contributed by atoms with Crippen LogP contribution in [0.2, 0.25) is 0 Å². The molecule has 1 atom stereocenters. The zero-order valence-electron chi connectivity index (χ0n) is 13.3. The molecule has 2 N–H and O–H groups in total. The number of amides is 1. The van der Waals surface area contributed by atoms with Gasteiger partial charge in [-0.1, -0.05) is 29.8 Å². The number of aryl methyl sites for hydroxylation is 1. The van der Waals surface area contributed by atoms with E-state index in [1.165, 1.54) is 18.4 Å². The summed E-state index contributed by atoms with van der Waals surface area (Å²) in [5.74, 6) is 0.530. The second kappa shape index (κ2) is 8.14. The maximum absolute atomic E-state index is 12.2. The zero-order valence-corrected chi connectivity index (χ0v) is 14.2. The van der Waals surface area contributed by atoms with Gasteiger partial charge in [-0.3, -0.25) is 4.79 Å². The highest BCUT2D eigenvalue weighted by molar-refractivity contribution is 6.04. The Balaban J connectivity index is 0.00000192. The SMILES string of the molecule is Cc1ccc(C(=O)Nc2ccc(C3CCCNC3)cc2)cc1.Cl. The number of carbonyl (C=O) groups excluding carboxylic acids is 1. The van der Waals surface area contributed by atoms with Gasteiger partial charge in [-0.2, -0.15) is 0 Å². The van der Waals surface area contributed by atoms with Gasteiger partial charge in [0, 0.05) is 17.8 Å². The van der Waals surface area contributed by atoms with Crippen molar-refractivity contribution in [1.29, 1.82) is 0 Å². The molecule has 1 aliphatic heterocycles. The van der Waals surface area contributed by atoms with Crippen LogP contribution >= 0.6 is 12.4 Å². The van der Waals surface area contributed by atoms with Crippen molar-refractivity contribution in [3.8, 4) is 0 Å². The first-order chi connectivity index (χ1) is 10.7. The predicted molar refractivity (Wildman–Crippen MR) is 97.7 cm³/mol. The molecule has 122 valence electrons. The first kappa shape index (κ1) is 17.5. The van der Waals surface area contributed by atoms with E-state index in [2.05, 4.69) is 22.8 Å². The first-order valence-electron chi connectivity index (χ1n) is 7.91. The quantitative estimate of drug-likeness (QED) is 0.888. The highest BCUT2D eigenvalue weighted by atomic mass is 35.5. The van der Waals surface area contributed by atoms with Gasteiger partial charge < -0.3 is 10.6 Å². The third kappa shape index (κ3) is 4.57. The Morgan fingerprint density at radius 3 is 2.39 bits per heavy atom. The van der Waals surface area contributed by atoms with Crippen molar-refractivity contribution >= 4 is 24.0 Å². The van der Waals surface area contributed by atoms with Crippen molar-refractivity contribution in [2.24, 2.45) is 0 Å². The third-order valence-electron chi connectivity index (χ3n) is 4.25. The molecule has 1 fully saturated rings. The Kier molecular flexibility index (Phi) is 6.20. The van der Waals surface area contributed by atoms with E-state index < -0.39 is 0 Å². The number of rotatable bonds is 3. The maximum Gasteiger partial charge on any atom is 0.255 e. The summed E-state index contributed by atoms with van der Waals surface area (Å²) in [6.07, 6.45) is 2.47. The van der Waals surface area contributed by atoms with E-state index in [0.717, 1.165) is 24.3 Å². The summed E-state index contributed by atoms with van der Waals surface area (Å²) in [5.41, 5.74) is 4.03. The normalized spacial score (nSPS) is 17.2. The first-order valence-corrected chi connectivity index (χ1v) is 7.91. The molecule has 3 nitrogen and oxygen atoms in total. The molecule has 1 saturated heterocycles. The van der Waals surface area contributed by atoms with Crippen LogP contribution in [0.1, 0.15) is 40.2 Å². The summed E-state index contributed by atoms with van der Waals surface area (Å²) < 4.78 is 0. The van der Waals surface area contributed by atoms with Crippen molar-refractivity contribution in [3.05, 3.63) is 65.2 Å². The summed E-state index contributed by atoms with van der Waals surface area (Å²) in [7, 11) is 0. The van der Waals surface area contributed by atoms with Gasteiger partial charge >= 0.3 is 0 Å². The summed E-state index contributed by atoms with van der Waals surface area (Å²) in [6.45, 7) is 4.19. The van der Waals surface area contributed by atoms with Crippen LogP contribution in [0.25, 0.3) is 0 Å². The molecule has 23 heavy (non-hydrogen) atoms. The van der Waals surface area contributed by atoms with Gasteiger partial charge in [-0.15, -0.1) is 12.4 Å². The highest BCUT2D eigenvalue weighted by Gasteiger charge is 2.15. The number of piperidine rings is 1. The second-order valence-electron chi connectivity index (χ2n) is 5.99. The molecule has 0 bridgehead atoms. The standard InChI is InChI=1S/C19H22N2O.ClH/c1-14-4-6-16(7-5-14)19(22)21-18-10-8-15(9-11-18)17-3-2-12-20-13-17;/h4-11,17,20H,2-3,12-13H2,1H3,(H,21,22);1H. The van der Waals surface area contributed by atoms with Crippen LogP contribution < -0.4 is 10.6 Å². The Hall–Kier alpha value is -1.84. The van der Waals surface area contributed by atoms with Gasteiger partial charge in [0.05, 0.1) is 0 Å². The Morgan fingerprint density at radius 2 is 1.78 bits per heavy atom. The smallest absolute Gasteiger partial charge is 0.255 e. The van der Waals surface area contributed by atoms with E-state index in [1.807, 2.05) is 43.3 Å². The number of hydrogen-bond acceptors (Lipinski definition) is 2. The van der Waals surface area contributed by atoms with E-state index >= 15 is 0 Å². The fourth-order valence-corrected chi connectivity index (χ4v) is 2.88. The van der Waals surface area contributed by atoms with Crippen LogP contribution in [0.15, 0.2) is 48.5 Å². The minimum Gasteiger partial charge on any atom is -0.322 e. The Labute approximate surface area is 143 Å². The largest absolute Gasteiger partial charge is 0.322 e. The van der Waals surface area contributed by atoms with Crippen molar-refractivity contribution < 1.29 is 4.79 Å². The number of anilines is 1. The minimum absolute atomic E-state index is 0. The van der Waals surface area contributed by atoms with Gasteiger partial charge in [-0.25, -0.2) is 0 Å². The van der Waals surface area contributed by atoms with Gasteiger partial charge in [0.2, 0.25) is 0 Å². The monoisotopic (exact) mass is 330 g/mol. The predicted octanol–water partition coefficient (Wildman–Crippen LogP) is 4.14. The highest BCUT2D eigenvalue weighted by Crippen LogP contribution is 2.24. The van der Waals surface area contributed by atoms with Crippen LogP contribution in [-0.4, -0.2) is 19.0 Å². The average molecular weight is 331 g/mol. The average Bonchev–Trinajstić information content (AvgIpc) is 2.57. The molecule has 0 aromatic heterocycles. The molecule has 1 heterocycles. The van der Waals surface area contributed by atoms with Crippen molar-refractivity contribution in [3.63, 3.8) is 0 Å². The molecule has 0 saturated carbocycles. The summed E-state index contributed by atoms with van der Waals surface area (Å²) in [4.78, 5) is 12.2. The summed E-state index contributed by atoms with van der Waals surface area (Å²) >= 11 is 0. The number of carbonyl (C=O) groups is 1. The molecule has 3 rings (SSSR count). The van der Waals surface area contributed by atoms with Gasteiger partial charge in [0.15, 0.2) is 0 Å². The molecule has 0 radical (unpaired) electrons. The fraction of sp³-hybridized carbons (Fsp3) is 0.316. The van der Waals surface area contributed by atoms with Crippen LogP contribution in [0.3, 0.4) is 0 Å². The number of benzene rings is 2. The molecule has 1 aliphatic rings. The van der Waals surface area contributed by atoms with Gasteiger partial charge in [0.1, 0.15) is 0 Å². The lowest BCUT2D eigenvalue weighted by Crippen LogP contribution is -2.28. The number of nitrogens with one attached hydrogen (secondary N) is 2. The van der Waals surface area contributed by atoms with Crippen molar-refractivity contribution in [1.82, 2.24) is 5.32 Å². The van der Waals surface area contributed by atoms with E-state index in [1.54, 1.807) is 0 Å². The lowest BCUT2D eigenvalue weighted by molar-refractivity contribution is 0.102. The zero-order chi connectivity index (χ0) is 15.4. The topological polar surface area (TPSA) is 41.1 Å². The molecule has 1 unspecified atom stereocenters. The Morgan fingerprint density at radius 1 is 1.09 bits per heavy atom. The van der Waals surface area contributed by atoms with Crippen molar-refractivity contribution in [2.45, 2.75) is 25.7 Å². The lowest BCUT2D eigenvalue weighted by atomic mass is 9.91. The van der Waals surface area contributed by atoms with Crippen molar-refractivity contribution in [2.75, 3.05) is 18.4 Å². The molecule has 0 aliphatic carbocycles. The Bertz CT molecular complexity index is 631. The third-order valence-corrected chi connectivity index (χ3v) is 4.25. The lowest BCUT2D eigenvalue weighted by Gasteiger charge is -2.23.